The fraction of sp³-hybridized carbons (Fsp3) is 0.212. The second-order valence-electron chi connectivity index (χ2n) is 9.85. The van der Waals surface area contributed by atoms with Gasteiger partial charge in [0.2, 0.25) is 11.8 Å². The number of carbonyl (C=O) groups excluding carboxylic acids is 2. The van der Waals surface area contributed by atoms with E-state index in [-0.39, 0.29) is 23.8 Å². The van der Waals surface area contributed by atoms with E-state index in [0.29, 0.717) is 11.4 Å². The lowest BCUT2D eigenvalue weighted by molar-refractivity contribution is -0.139. The van der Waals surface area contributed by atoms with E-state index < -0.39 is 28.5 Å². The summed E-state index contributed by atoms with van der Waals surface area (Å²) < 4.78 is 34.2. The SMILES string of the molecule is CNC(=O)[C@@H](Cc1ccccc1)N(Cc1ccc(C)cc1)C(=O)CN(c1ccccc1)S(=O)(=O)c1ccc(OC)cc1. The molecule has 0 aliphatic heterocycles. The number of rotatable bonds is 12. The van der Waals surface area contributed by atoms with Crippen molar-refractivity contribution in [1.29, 1.82) is 0 Å². The molecule has 0 aliphatic rings. The van der Waals surface area contributed by atoms with Gasteiger partial charge in [0, 0.05) is 20.0 Å². The summed E-state index contributed by atoms with van der Waals surface area (Å²) in [6, 6.07) is 30.7. The van der Waals surface area contributed by atoms with E-state index in [1.165, 1.54) is 31.2 Å². The van der Waals surface area contributed by atoms with Crippen molar-refractivity contribution in [2.45, 2.75) is 30.8 Å². The van der Waals surface area contributed by atoms with Gasteiger partial charge in [-0.1, -0.05) is 78.4 Å². The Labute approximate surface area is 247 Å². The van der Waals surface area contributed by atoms with Crippen LogP contribution in [0.25, 0.3) is 0 Å². The Bertz CT molecular complexity index is 1580. The molecular formula is C33H35N3O5S. The summed E-state index contributed by atoms with van der Waals surface area (Å²) in [5, 5.41) is 2.69. The highest BCUT2D eigenvalue weighted by Crippen LogP contribution is 2.26. The van der Waals surface area contributed by atoms with Crippen LogP contribution in [0.2, 0.25) is 0 Å². The number of para-hydroxylation sites is 1. The summed E-state index contributed by atoms with van der Waals surface area (Å²) >= 11 is 0. The van der Waals surface area contributed by atoms with Crippen LogP contribution >= 0.6 is 0 Å². The Morgan fingerprint density at radius 1 is 0.810 bits per heavy atom. The smallest absolute Gasteiger partial charge is 0.264 e. The summed E-state index contributed by atoms with van der Waals surface area (Å²) in [5.74, 6) is -0.348. The molecule has 1 N–H and O–H groups in total. The fourth-order valence-corrected chi connectivity index (χ4v) is 6.02. The first kappa shape index (κ1) is 30.3. The zero-order valence-electron chi connectivity index (χ0n) is 23.9. The van der Waals surface area contributed by atoms with Crippen molar-refractivity contribution in [3.8, 4) is 5.75 Å². The zero-order valence-corrected chi connectivity index (χ0v) is 24.8. The Morgan fingerprint density at radius 2 is 1.40 bits per heavy atom. The molecule has 1 atom stereocenters. The molecule has 42 heavy (non-hydrogen) atoms. The highest BCUT2D eigenvalue weighted by Gasteiger charge is 2.34. The number of benzene rings is 4. The van der Waals surface area contributed by atoms with E-state index in [4.69, 9.17) is 4.74 Å². The third kappa shape index (κ3) is 7.36. The molecule has 0 spiro atoms. The van der Waals surface area contributed by atoms with E-state index >= 15 is 0 Å². The highest BCUT2D eigenvalue weighted by molar-refractivity contribution is 7.92. The topological polar surface area (TPSA) is 96.0 Å². The molecule has 0 unspecified atom stereocenters. The molecule has 0 fully saturated rings. The Balaban J connectivity index is 1.76. The van der Waals surface area contributed by atoms with Gasteiger partial charge >= 0.3 is 0 Å². The van der Waals surface area contributed by atoms with Gasteiger partial charge in [0.25, 0.3) is 10.0 Å². The number of nitrogens with one attached hydrogen (secondary N) is 1. The maximum absolute atomic E-state index is 14.2. The quantitative estimate of drug-likeness (QED) is 0.263. The summed E-state index contributed by atoms with van der Waals surface area (Å²) in [5.41, 5.74) is 3.08. The minimum atomic E-state index is -4.17. The van der Waals surface area contributed by atoms with Crippen molar-refractivity contribution < 1.29 is 22.7 Å². The first-order valence-corrected chi connectivity index (χ1v) is 15.0. The molecule has 4 aromatic rings. The van der Waals surface area contributed by atoms with Crippen molar-refractivity contribution in [2.75, 3.05) is 25.0 Å². The summed E-state index contributed by atoms with van der Waals surface area (Å²) in [7, 11) is -1.14. The molecule has 9 heteroatoms. The number of likely N-dealkylation sites (N-methyl/N-ethyl adjacent to an activating group) is 1. The normalized spacial score (nSPS) is 11.8. The highest BCUT2D eigenvalue weighted by atomic mass is 32.2. The number of anilines is 1. The molecule has 8 nitrogen and oxygen atoms in total. The second kappa shape index (κ2) is 13.8. The fourth-order valence-electron chi connectivity index (χ4n) is 4.61. The monoisotopic (exact) mass is 585 g/mol. The number of hydrogen-bond donors (Lipinski definition) is 1. The Hall–Kier alpha value is -4.63. The summed E-state index contributed by atoms with van der Waals surface area (Å²) in [6.07, 6.45) is 0.259. The molecular weight excluding hydrogens is 550 g/mol. The van der Waals surface area contributed by atoms with Crippen LogP contribution in [0.1, 0.15) is 16.7 Å². The van der Waals surface area contributed by atoms with Crippen LogP contribution in [-0.2, 0) is 32.6 Å². The number of ether oxygens (including phenoxy) is 1. The van der Waals surface area contributed by atoms with E-state index in [0.717, 1.165) is 21.0 Å². The average molecular weight is 586 g/mol. The Kier molecular flexibility index (Phi) is 9.98. The molecule has 4 aromatic carbocycles. The molecule has 0 aliphatic carbocycles. The van der Waals surface area contributed by atoms with Crippen LogP contribution in [0.4, 0.5) is 5.69 Å². The number of aryl methyl sites for hydroxylation is 1. The number of amides is 2. The van der Waals surface area contributed by atoms with Gasteiger partial charge in [-0.15, -0.1) is 0 Å². The third-order valence-corrected chi connectivity index (χ3v) is 8.75. The van der Waals surface area contributed by atoms with Crippen LogP contribution in [0, 0.1) is 6.92 Å². The zero-order chi connectivity index (χ0) is 30.1. The van der Waals surface area contributed by atoms with Gasteiger partial charge in [-0.3, -0.25) is 13.9 Å². The maximum Gasteiger partial charge on any atom is 0.264 e. The van der Waals surface area contributed by atoms with Crippen molar-refractivity contribution in [3.05, 3.63) is 126 Å². The number of hydrogen-bond acceptors (Lipinski definition) is 5. The molecule has 0 heterocycles. The van der Waals surface area contributed by atoms with E-state index in [9.17, 15) is 18.0 Å². The lowest BCUT2D eigenvalue weighted by Gasteiger charge is -2.33. The van der Waals surface area contributed by atoms with Crippen molar-refractivity contribution in [2.24, 2.45) is 0 Å². The molecule has 0 saturated heterocycles. The van der Waals surface area contributed by atoms with Crippen molar-refractivity contribution in [3.63, 3.8) is 0 Å². The third-order valence-electron chi connectivity index (χ3n) is 6.96. The van der Waals surface area contributed by atoms with Gasteiger partial charge in [0.1, 0.15) is 18.3 Å². The predicted molar refractivity (Wildman–Crippen MR) is 164 cm³/mol. The minimum Gasteiger partial charge on any atom is -0.497 e. The van der Waals surface area contributed by atoms with Gasteiger partial charge in [0.05, 0.1) is 17.7 Å². The Morgan fingerprint density at radius 3 is 1.98 bits per heavy atom. The van der Waals surface area contributed by atoms with Gasteiger partial charge in [0.15, 0.2) is 0 Å². The molecule has 0 radical (unpaired) electrons. The number of nitrogens with zero attached hydrogens (tertiary/aromatic N) is 2. The van der Waals surface area contributed by atoms with Gasteiger partial charge in [-0.25, -0.2) is 8.42 Å². The van der Waals surface area contributed by atoms with Crippen LogP contribution in [0.3, 0.4) is 0 Å². The summed E-state index contributed by atoms with van der Waals surface area (Å²) in [4.78, 5) is 29.0. The van der Waals surface area contributed by atoms with E-state index in [1.807, 2.05) is 61.5 Å². The molecule has 0 bridgehead atoms. The molecule has 2 amide bonds. The van der Waals surface area contributed by atoms with E-state index in [1.54, 1.807) is 42.5 Å². The molecule has 218 valence electrons. The van der Waals surface area contributed by atoms with Crippen LogP contribution in [-0.4, -0.2) is 51.9 Å². The molecule has 4 rings (SSSR count). The first-order chi connectivity index (χ1) is 20.2. The van der Waals surface area contributed by atoms with Crippen molar-refractivity contribution in [1.82, 2.24) is 10.2 Å². The standard InChI is InChI=1S/C33H35N3O5S/c1-25-14-16-27(17-15-25)23-35(31(33(38)34-2)22-26-10-6-4-7-11-26)32(37)24-36(28-12-8-5-9-13-28)42(39,40)30-20-18-29(41-3)19-21-30/h4-21,31H,22-24H2,1-3H3,(H,34,38)/t31-/m1/s1. The number of sulfonamides is 1. The first-order valence-electron chi connectivity index (χ1n) is 13.6. The maximum atomic E-state index is 14.2. The van der Waals surface area contributed by atoms with Crippen molar-refractivity contribution >= 4 is 27.5 Å². The minimum absolute atomic E-state index is 0.0113. The number of methoxy groups -OCH3 is 1. The summed E-state index contributed by atoms with van der Waals surface area (Å²) in [6.45, 7) is 1.58. The largest absolute Gasteiger partial charge is 0.497 e. The van der Waals surface area contributed by atoms with E-state index in [2.05, 4.69) is 5.32 Å². The van der Waals surface area contributed by atoms with Gasteiger partial charge < -0.3 is 15.0 Å². The number of carbonyl (C=O) groups is 2. The van der Waals surface area contributed by atoms with Gasteiger partial charge in [-0.05, 0) is 54.4 Å². The van der Waals surface area contributed by atoms with Crippen LogP contribution < -0.4 is 14.4 Å². The van der Waals surface area contributed by atoms with Crippen LogP contribution in [0.15, 0.2) is 114 Å². The predicted octanol–water partition coefficient (Wildman–Crippen LogP) is 4.59. The van der Waals surface area contributed by atoms with Gasteiger partial charge in [-0.2, -0.15) is 0 Å². The molecule has 0 aromatic heterocycles. The lowest BCUT2D eigenvalue weighted by Crippen LogP contribution is -2.53. The van der Waals surface area contributed by atoms with Crippen LogP contribution in [0.5, 0.6) is 5.75 Å². The second-order valence-corrected chi connectivity index (χ2v) is 11.7. The molecule has 0 saturated carbocycles. The lowest BCUT2D eigenvalue weighted by atomic mass is 10.0. The average Bonchev–Trinajstić information content (AvgIpc) is 3.02.